The fraction of sp³-hybridized carbons (Fsp3) is 0.533. The van der Waals surface area contributed by atoms with E-state index in [0.29, 0.717) is 6.04 Å². The second-order valence-electron chi connectivity index (χ2n) is 5.80. The molecule has 4 rings (SSSR count). The largest absolute Gasteiger partial charge is 0.345 e. The monoisotopic (exact) mass is 347 g/mol. The molecule has 0 radical (unpaired) electrons. The van der Waals surface area contributed by atoms with Crippen molar-refractivity contribution in [3.05, 3.63) is 34.2 Å². The van der Waals surface area contributed by atoms with Crippen LogP contribution in [0.25, 0.3) is 0 Å². The number of anilines is 1. The maximum Gasteiger partial charge on any atom is 0.146 e. The number of aromatic nitrogens is 4. The highest BCUT2D eigenvalue weighted by Gasteiger charge is 2.31. The van der Waals surface area contributed by atoms with Crippen molar-refractivity contribution in [3.8, 4) is 0 Å². The summed E-state index contributed by atoms with van der Waals surface area (Å²) >= 11 is 3.57. The van der Waals surface area contributed by atoms with Crippen LogP contribution in [0.3, 0.4) is 0 Å². The van der Waals surface area contributed by atoms with E-state index in [1.807, 2.05) is 6.20 Å². The van der Waals surface area contributed by atoms with E-state index in [4.69, 9.17) is 4.98 Å². The van der Waals surface area contributed by atoms with E-state index in [1.54, 1.807) is 6.33 Å². The zero-order valence-corrected chi connectivity index (χ0v) is 13.4. The van der Waals surface area contributed by atoms with E-state index in [2.05, 4.69) is 35.8 Å². The van der Waals surface area contributed by atoms with E-state index < -0.39 is 0 Å². The number of hydrogen-bond donors (Lipinski definition) is 1. The molecule has 1 aliphatic heterocycles. The van der Waals surface area contributed by atoms with Crippen LogP contribution < -0.4 is 4.90 Å². The number of fused-ring (bicyclic) bond motifs is 1. The Hall–Kier alpha value is -1.43. The third-order valence-electron chi connectivity index (χ3n) is 4.46. The summed E-state index contributed by atoms with van der Waals surface area (Å²) in [4.78, 5) is 19.3. The molecule has 110 valence electrons. The van der Waals surface area contributed by atoms with Gasteiger partial charge in [0, 0.05) is 18.4 Å². The van der Waals surface area contributed by atoms with E-state index in [-0.39, 0.29) is 0 Å². The molecule has 1 aliphatic carbocycles. The van der Waals surface area contributed by atoms with Crippen LogP contribution in [0.4, 0.5) is 5.82 Å². The Morgan fingerprint density at radius 3 is 3.00 bits per heavy atom. The van der Waals surface area contributed by atoms with Crippen molar-refractivity contribution >= 4 is 21.7 Å². The predicted octanol–water partition coefficient (Wildman–Crippen LogP) is 3.18. The van der Waals surface area contributed by atoms with E-state index in [0.717, 1.165) is 41.9 Å². The van der Waals surface area contributed by atoms with Gasteiger partial charge < -0.3 is 9.88 Å². The summed E-state index contributed by atoms with van der Waals surface area (Å²) in [5.74, 6) is 2.09. The van der Waals surface area contributed by atoms with Crippen LogP contribution in [-0.2, 0) is 12.8 Å². The summed E-state index contributed by atoms with van der Waals surface area (Å²) in [6, 6.07) is 0.307. The Bertz CT molecular complexity index is 630. The lowest BCUT2D eigenvalue weighted by Gasteiger charge is -2.24. The number of halogens is 1. The standard InChI is InChI=1S/C15H18BrN5/c16-10-8-17-9-18-15(10)21-7-3-6-13(21)14-19-11-4-1-2-5-12(11)20-14/h8-9,13H,1-7H2,(H,19,20)/t13-/m0/s1. The summed E-state index contributed by atoms with van der Waals surface area (Å²) in [6.07, 6.45) is 10.5. The SMILES string of the molecule is Brc1cncnc1N1CCC[C@H]1c1nc2c([nH]1)CCCC2. The van der Waals surface area contributed by atoms with E-state index in [1.165, 1.54) is 30.7 Å². The second kappa shape index (κ2) is 5.40. The number of nitrogens with one attached hydrogen (secondary N) is 1. The average Bonchev–Trinajstić information content (AvgIpc) is 3.13. The molecule has 3 heterocycles. The van der Waals surface area contributed by atoms with Crippen molar-refractivity contribution in [1.29, 1.82) is 0 Å². The van der Waals surface area contributed by atoms with Crippen molar-refractivity contribution in [2.45, 2.75) is 44.6 Å². The number of nitrogens with zero attached hydrogens (tertiary/aromatic N) is 4. The summed E-state index contributed by atoms with van der Waals surface area (Å²) in [7, 11) is 0. The average molecular weight is 348 g/mol. The zero-order chi connectivity index (χ0) is 14.2. The molecule has 0 saturated carbocycles. The molecular weight excluding hydrogens is 330 g/mol. The molecule has 1 saturated heterocycles. The highest BCUT2D eigenvalue weighted by Crippen LogP contribution is 2.37. The lowest BCUT2D eigenvalue weighted by Crippen LogP contribution is -2.25. The first kappa shape index (κ1) is 13.2. The fourth-order valence-electron chi connectivity index (χ4n) is 3.46. The maximum atomic E-state index is 4.88. The normalized spacial score (nSPS) is 21.6. The van der Waals surface area contributed by atoms with Gasteiger partial charge in [-0.05, 0) is 54.5 Å². The number of hydrogen-bond acceptors (Lipinski definition) is 4. The quantitative estimate of drug-likeness (QED) is 0.906. The molecule has 1 atom stereocenters. The molecule has 21 heavy (non-hydrogen) atoms. The molecule has 1 N–H and O–H groups in total. The molecule has 6 heteroatoms. The molecule has 2 aliphatic rings. The van der Waals surface area contributed by atoms with E-state index in [9.17, 15) is 0 Å². The third kappa shape index (κ3) is 2.35. The molecule has 0 amide bonds. The minimum Gasteiger partial charge on any atom is -0.345 e. The van der Waals surface area contributed by atoms with Gasteiger partial charge in [-0.3, -0.25) is 0 Å². The van der Waals surface area contributed by atoms with Crippen molar-refractivity contribution in [1.82, 2.24) is 19.9 Å². The Balaban J connectivity index is 1.67. The van der Waals surface area contributed by atoms with Gasteiger partial charge in [0.15, 0.2) is 0 Å². The number of rotatable bonds is 2. The van der Waals surface area contributed by atoms with Crippen molar-refractivity contribution in [2.75, 3.05) is 11.4 Å². The lowest BCUT2D eigenvalue weighted by atomic mass is 10.0. The van der Waals surface area contributed by atoms with Gasteiger partial charge in [-0.1, -0.05) is 0 Å². The van der Waals surface area contributed by atoms with Crippen LogP contribution in [0.15, 0.2) is 17.0 Å². The van der Waals surface area contributed by atoms with Crippen LogP contribution in [0.2, 0.25) is 0 Å². The predicted molar refractivity (Wildman–Crippen MR) is 84.3 cm³/mol. The summed E-state index contributed by atoms with van der Waals surface area (Å²) in [5.41, 5.74) is 2.63. The van der Waals surface area contributed by atoms with Crippen molar-refractivity contribution in [2.24, 2.45) is 0 Å². The summed E-state index contributed by atoms with van der Waals surface area (Å²) < 4.78 is 0.952. The van der Waals surface area contributed by atoms with Crippen LogP contribution >= 0.6 is 15.9 Å². The molecule has 1 fully saturated rings. The van der Waals surface area contributed by atoms with E-state index >= 15 is 0 Å². The number of H-pyrrole nitrogens is 1. The summed E-state index contributed by atoms with van der Waals surface area (Å²) in [6.45, 7) is 1.02. The van der Waals surface area contributed by atoms with Gasteiger partial charge in [-0.2, -0.15) is 0 Å². The molecule has 2 aromatic heterocycles. The van der Waals surface area contributed by atoms with Crippen LogP contribution in [-0.4, -0.2) is 26.5 Å². The van der Waals surface area contributed by atoms with Crippen LogP contribution in [0, 0.1) is 0 Å². The third-order valence-corrected chi connectivity index (χ3v) is 5.02. The first-order valence-electron chi connectivity index (χ1n) is 7.63. The topological polar surface area (TPSA) is 57.7 Å². The number of aromatic amines is 1. The Morgan fingerprint density at radius 1 is 1.24 bits per heavy atom. The van der Waals surface area contributed by atoms with Crippen molar-refractivity contribution in [3.63, 3.8) is 0 Å². The van der Waals surface area contributed by atoms with Crippen LogP contribution in [0.5, 0.6) is 0 Å². The lowest BCUT2D eigenvalue weighted by molar-refractivity contribution is 0.665. The molecule has 0 bridgehead atoms. The fourth-order valence-corrected chi connectivity index (χ4v) is 3.90. The molecular formula is C15H18BrN5. The highest BCUT2D eigenvalue weighted by molar-refractivity contribution is 9.10. The smallest absolute Gasteiger partial charge is 0.146 e. The van der Waals surface area contributed by atoms with Gasteiger partial charge >= 0.3 is 0 Å². The maximum absolute atomic E-state index is 4.88. The Labute approximate surface area is 132 Å². The van der Waals surface area contributed by atoms with Crippen LogP contribution in [0.1, 0.15) is 48.9 Å². The molecule has 0 unspecified atom stereocenters. The first-order chi connectivity index (χ1) is 10.3. The van der Waals surface area contributed by atoms with Gasteiger partial charge in [0.1, 0.15) is 18.0 Å². The van der Waals surface area contributed by atoms with Crippen molar-refractivity contribution < 1.29 is 0 Å². The summed E-state index contributed by atoms with van der Waals surface area (Å²) in [5, 5.41) is 0. The first-order valence-corrected chi connectivity index (χ1v) is 8.42. The molecule has 2 aromatic rings. The number of imidazole rings is 1. The minimum absolute atomic E-state index is 0.307. The zero-order valence-electron chi connectivity index (χ0n) is 11.8. The number of aryl methyl sites for hydroxylation is 2. The minimum atomic E-state index is 0.307. The van der Waals surface area contributed by atoms with Gasteiger partial charge in [0.2, 0.25) is 0 Å². The Morgan fingerprint density at radius 2 is 2.14 bits per heavy atom. The van der Waals surface area contributed by atoms with Gasteiger partial charge in [0.05, 0.1) is 16.2 Å². The van der Waals surface area contributed by atoms with Gasteiger partial charge in [-0.25, -0.2) is 15.0 Å². The molecule has 5 nitrogen and oxygen atoms in total. The highest BCUT2D eigenvalue weighted by atomic mass is 79.9. The van der Waals surface area contributed by atoms with Gasteiger partial charge in [-0.15, -0.1) is 0 Å². The molecule has 0 spiro atoms. The Kier molecular flexibility index (Phi) is 3.41. The van der Waals surface area contributed by atoms with Gasteiger partial charge in [0.25, 0.3) is 0 Å². The second-order valence-corrected chi connectivity index (χ2v) is 6.65. The molecule has 0 aromatic carbocycles.